The number of anilines is 2. The molecule has 0 aliphatic heterocycles. The number of fused-ring (bicyclic) bond motifs is 3. The molecule has 0 fully saturated rings. The summed E-state index contributed by atoms with van der Waals surface area (Å²) in [5.41, 5.74) is 14.3. The fourth-order valence-electron chi connectivity index (χ4n) is 13.4. The highest BCUT2D eigenvalue weighted by Crippen LogP contribution is 2.46. The minimum atomic E-state index is -1.47. The van der Waals surface area contributed by atoms with Crippen LogP contribution in [0.25, 0.3) is 55.8 Å². The minimum Gasteiger partial charge on any atom is -0.520 e. The van der Waals surface area contributed by atoms with Gasteiger partial charge in [0.2, 0.25) is 19.7 Å². The number of nitrogen functional groups attached to an aromatic ring is 1. The summed E-state index contributed by atoms with van der Waals surface area (Å²) in [6.45, 7) is 23.5. The molecule has 24 nitrogen and oxygen atoms in total. The molecule has 634 valence electrons. The number of esters is 2. The highest BCUT2D eigenvalue weighted by Gasteiger charge is 2.42. The lowest BCUT2D eigenvalue weighted by molar-refractivity contribution is -0.151. The lowest BCUT2D eigenvalue weighted by Gasteiger charge is -2.33. The molecule has 27 heteroatoms. The number of nitrogens with zero attached hydrogens (tertiary/aromatic N) is 11. The number of ketones is 2. The SMILES string of the molecule is C=C(OC)O[Si](C)(C)C.CC.CC(C)(C(=O)Nc1nccs1)C(c1ccccc1)c1cnc2c(cnn2-c2ccccc2)c1.CCOC(=O)CC(=O)c1ccccc1.COC(=O)C(C)(C)C(c1ccccc1)c1cnc2c(cnn2-c2ccccc2)c1Cl.Nc1ccnn1-c1ccccc1.O=C(c1ccccc1)c1c[nH]c2c(cnn2-c2ccccc2)c1=O. The number of aromatic amines is 1. The van der Waals surface area contributed by atoms with Gasteiger partial charge in [0, 0.05) is 64.6 Å². The van der Waals surface area contributed by atoms with Crippen molar-refractivity contribution in [3.05, 3.63) is 376 Å². The van der Waals surface area contributed by atoms with Gasteiger partial charge in [0.15, 0.2) is 28.0 Å². The molecule has 8 aromatic heterocycles. The number of ether oxygens (including phenoxy) is 3. The average Bonchev–Trinajstić information content (AvgIpc) is 1.55. The monoisotopic (exact) mass is 1710 g/mol. The number of carbonyl (C=O) groups excluding carboxylic acids is 5. The van der Waals surface area contributed by atoms with E-state index in [1.807, 2.05) is 246 Å². The zero-order valence-corrected chi connectivity index (χ0v) is 73.7. The number of methoxy groups -OCH3 is 2. The number of carbonyl (C=O) groups is 5. The predicted molar refractivity (Wildman–Crippen MR) is 493 cm³/mol. The van der Waals surface area contributed by atoms with Crippen LogP contribution < -0.4 is 16.5 Å². The maximum absolute atomic E-state index is 13.4. The van der Waals surface area contributed by atoms with E-state index < -0.39 is 25.1 Å². The van der Waals surface area contributed by atoms with Crippen LogP contribution in [0, 0.1) is 10.8 Å². The molecule has 8 aromatic carbocycles. The Balaban J connectivity index is 0.000000163. The molecule has 8 heterocycles. The molecule has 2 atom stereocenters. The summed E-state index contributed by atoms with van der Waals surface area (Å²) in [6, 6.07) is 80.2. The number of nitrogens with two attached hydrogens (primary N) is 1. The molecule has 0 saturated heterocycles. The Morgan fingerprint density at radius 1 is 0.548 bits per heavy atom. The molecule has 0 aliphatic carbocycles. The number of amides is 1. The number of hydrogen-bond donors (Lipinski definition) is 3. The predicted octanol–water partition coefficient (Wildman–Crippen LogP) is 20.3. The molecule has 0 bridgehead atoms. The maximum Gasteiger partial charge on any atom is 0.313 e. The number of halogens is 1. The molecular weight excluding hydrogens is 1620 g/mol. The first-order valence-corrected chi connectivity index (χ1v) is 44.6. The number of para-hydroxylation sites is 4. The van der Waals surface area contributed by atoms with Gasteiger partial charge in [0.1, 0.15) is 17.9 Å². The van der Waals surface area contributed by atoms with E-state index in [2.05, 4.69) is 89.8 Å². The minimum absolute atomic E-state index is 0.0913. The topological polar surface area (TPSA) is 303 Å². The Morgan fingerprint density at radius 3 is 1.52 bits per heavy atom. The lowest BCUT2D eigenvalue weighted by atomic mass is 9.71. The van der Waals surface area contributed by atoms with E-state index in [0.717, 1.165) is 61.4 Å². The molecule has 1 amide bonds. The summed E-state index contributed by atoms with van der Waals surface area (Å²) in [4.78, 5) is 90.4. The van der Waals surface area contributed by atoms with Crippen LogP contribution >= 0.6 is 22.9 Å². The van der Waals surface area contributed by atoms with Crippen molar-refractivity contribution in [3.8, 4) is 22.7 Å². The number of nitrogens with one attached hydrogen (secondary N) is 2. The Bertz CT molecular complexity index is 6210. The summed E-state index contributed by atoms with van der Waals surface area (Å²) >= 11 is 8.30. The molecule has 16 rings (SSSR count). The molecule has 124 heavy (non-hydrogen) atoms. The van der Waals surface area contributed by atoms with Crippen molar-refractivity contribution in [2.45, 2.75) is 86.4 Å². The van der Waals surface area contributed by atoms with Crippen LogP contribution in [0.3, 0.4) is 0 Å². The highest BCUT2D eigenvalue weighted by atomic mass is 35.5. The number of hydrogen-bond acceptors (Lipinski definition) is 19. The summed E-state index contributed by atoms with van der Waals surface area (Å²) in [5, 5.41) is 25.4. The Hall–Kier alpha value is -14.3. The fraction of sp³-hybridized carbons (Fsp3) is 0.186. The van der Waals surface area contributed by atoms with Crippen LogP contribution in [-0.2, 0) is 33.0 Å². The average molecular weight is 1720 g/mol. The van der Waals surface area contributed by atoms with Gasteiger partial charge < -0.3 is 34.7 Å². The second-order valence-electron chi connectivity index (χ2n) is 29.6. The van der Waals surface area contributed by atoms with Crippen molar-refractivity contribution in [2.75, 3.05) is 31.9 Å². The first-order chi connectivity index (χ1) is 59.8. The van der Waals surface area contributed by atoms with Gasteiger partial charge in [0.25, 0.3) is 5.95 Å². The standard InChI is InChI=1S/C26H23N5OS.C24H22ClN3O2.C19H13N3O2.C11H12O3.C9H9N3.C6H14O2Si.C2H6/c1-26(2,24(32)30-25-27-13-14-33-25)22(18-9-5-3-6-10-18)19-15-20-17-29-31(23(20)28-16-19)21-11-7-4-8-12-21;1-24(2,23(29)30-3)20(16-10-6-4-7-11-16)18-14-26-22-19(21(18)25)15-27-28(22)17-12-8-5-9-13-17;23-17(13-7-3-1-4-8-13)15-11-20-19-16(18(15)24)12-21-22(19)14-9-5-2-6-10-14;1-2-14-11(13)8-10(12)9-6-4-3-5-7-9;10-9-6-7-11-12(9)8-4-2-1-3-5-8;1-6(7-2)8-9(3,4)5;1-2/h3-17,22H,1-2H3,(H,27,30,32);4-15,20H,1-3H3;1-12H,(H,20,24);3-7H,2,8H2,1H3;1-7H,10H2;1H2,2-5H3;1-2H3. The molecule has 16 aromatic rings. The van der Waals surface area contributed by atoms with Gasteiger partial charge in [-0.3, -0.25) is 28.8 Å². The zero-order valence-electron chi connectivity index (χ0n) is 71.1. The van der Waals surface area contributed by atoms with Crippen molar-refractivity contribution in [1.82, 2.24) is 59.1 Å². The quantitative estimate of drug-likeness (QED) is 0.0187. The number of aromatic nitrogens is 12. The van der Waals surface area contributed by atoms with Crippen LogP contribution in [0.4, 0.5) is 10.9 Å². The fourth-order valence-corrected chi connectivity index (χ4v) is 15.0. The molecule has 0 saturated carbocycles. The Labute approximate surface area is 730 Å². The molecular formula is C97H99ClN14O10SSi. The summed E-state index contributed by atoms with van der Waals surface area (Å²) in [7, 11) is 1.49. The second kappa shape index (κ2) is 43.8. The number of Topliss-reactive ketones (excluding diaryl/α,β-unsaturated/α-hetero) is 1. The van der Waals surface area contributed by atoms with E-state index in [1.54, 1.807) is 107 Å². The zero-order chi connectivity index (χ0) is 88.9. The van der Waals surface area contributed by atoms with Crippen LogP contribution in [0.2, 0.25) is 24.7 Å². The van der Waals surface area contributed by atoms with Crippen molar-refractivity contribution in [3.63, 3.8) is 0 Å². The van der Waals surface area contributed by atoms with Gasteiger partial charge in [-0.15, -0.1) is 11.3 Å². The summed E-state index contributed by atoms with van der Waals surface area (Å²) < 4.78 is 26.8. The highest BCUT2D eigenvalue weighted by molar-refractivity contribution is 7.13. The van der Waals surface area contributed by atoms with Crippen LogP contribution in [0.5, 0.6) is 0 Å². The molecule has 2 unspecified atom stereocenters. The van der Waals surface area contributed by atoms with E-state index in [4.69, 9.17) is 36.2 Å². The van der Waals surface area contributed by atoms with Crippen molar-refractivity contribution >= 4 is 105 Å². The Morgan fingerprint density at radius 2 is 1.02 bits per heavy atom. The first kappa shape index (κ1) is 92.0. The third-order valence-corrected chi connectivity index (χ3v) is 21.2. The number of rotatable bonds is 22. The molecule has 0 spiro atoms. The van der Waals surface area contributed by atoms with Gasteiger partial charge in [-0.25, -0.2) is 33.7 Å². The Kier molecular flexibility index (Phi) is 32.4. The number of benzene rings is 8. The van der Waals surface area contributed by atoms with Crippen molar-refractivity contribution in [1.29, 1.82) is 0 Å². The maximum atomic E-state index is 13.4. The van der Waals surface area contributed by atoms with Crippen molar-refractivity contribution < 1.29 is 42.6 Å². The third kappa shape index (κ3) is 23.4. The number of thiazole rings is 1. The number of H-pyrrole nitrogens is 1. The lowest BCUT2D eigenvalue weighted by Crippen LogP contribution is -2.37. The van der Waals surface area contributed by atoms with Crippen molar-refractivity contribution in [2.24, 2.45) is 10.8 Å². The van der Waals surface area contributed by atoms with Gasteiger partial charge in [-0.1, -0.05) is 233 Å². The van der Waals surface area contributed by atoms with Gasteiger partial charge in [-0.2, -0.15) is 20.4 Å². The summed E-state index contributed by atoms with van der Waals surface area (Å²) in [5.74, 6) is -0.850. The van der Waals surface area contributed by atoms with Gasteiger partial charge >= 0.3 is 11.9 Å². The summed E-state index contributed by atoms with van der Waals surface area (Å²) in [6.07, 6.45) is 13.3. The molecule has 4 N–H and O–H groups in total. The molecule has 0 radical (unpaired) electrons. The second-order valence-corrected chi connectivity index (χ2v) is 35.3. The third-order valence-electron chi connectivity index (χ3n) is 19.2. The van der Waals surface area contributed by atoms with E-state index in [0.29, 0.717) is 56.3 Å². The van der Waals surface area contributed by atoms with Crippen LogP contribution in [0.15, 0.2) is 327 Å². The van der Waals surface area contributed by atoms with E-state index in [1.165, 1.54) is 30.8 Å². The van der Waals surface area contributed by atoms with Crippen LogP contribution in [-0.4, -0.2) is 118 Å². The molecule has 0 aliphatic rings. The smallest absolute Gasteiger partial charge is 0.313 e. The van der Waals surface area contributed by atoms with E-state index >= 15 is 0 Å². The first-order valence-electron chi connectivity index (χ1n) is 39.9. The van der Waals surface area contributed by atoms with E-state index in [-0.39, 0.29) is 52.7 Å². The van der Waals surface area contributed by atoms with Crippen LogP contribution in [0.1, 0.15) is 115 Å². The number of pyridine rings is 3. The van der Waals surface area contributed by atoms with Gasteiger partial charge in [-0.05, 0) is 124 Å². The van der Waals surface area contributed by atoms with E-state index in [9.17, 15) is 28.8 Å². The largest absolute Gasteiger partial charge is 0.520 e. The normalized spacial score (nSPS) is 11.4. The van der Waals surface area contributed by atoms with Gasteiger partial charge in [0.05, 0.1) is 101 Å².